The van der Waals surface area contributed by atoms with Gasteiger partial charge in [-0.2, -0.15) is 0 Å². The Morgan fingerprint density at radius 1 is 0.947 bits per heavy atom. The van der Waals surface area contributed by atoms with Crippen molar-refractivity contribution in [2.75, 3.05) is 10.7 Å². The summed E-state index contributed by atoms with van der Waals surface area (Å²) in [6.45, 7) is 6.58. The number of nitrogens with one attached hydrogen (secondary N) is 2. The van der Waals surface area contributed by atoms with E-state index in [1.165, 1.54) is 5.56 Å². The number of hydrazine groups is 1. The second kappa shape index (κ2) is 5.28. The predicted molar refractivity (Wildman–Crippen MR) is 80.5 cm³/mol. The van der Waals surface area contributed by atoms with Gasteiger partial charge in [0.15, 0.2) is 0 Å². The monoisotopic (exact) mass is 256 g/mol. The van der Waals surface area contributed by atoms with E-state index in [1.807, 2.05) is 24.3 Å². The highest BCUT2D eigenvalue weighted by Crippen LogP contribution is 2.30. The van der Waals surface area contributed by atoms with Gasteiger partial charge < -0.3 is 10.7 Å². The zero-order chi connectivity index (χ0) is 13.9. The van der Waals surface area contributed by atoms with Gasteiger partial charge in [0, 0.05) is 5.69 Å². The molecule has 0 unspecified atom stereocenters. The van der Waals surface area contributed by atoms with E-state index in [-0.39, 0.29) is 5.41 Å². The van der Waals surface area contributed by atoms with Crippen molar-refractivity contribution in [3.8, 4) is 0 Å². The Bertz CT molecular complexity index is 558. The molecule has 4 nitrogen and oxygen atoms in total. The zero-order valence-electron chi connectivity index (χ0n) is 11.6. The molecule has 1 heterocycles. The van der Waals surface area contributed by atoms with Gasteiger partial charge in [-0.15, -0.1) is 0 Å². The number of pyridine rings is 1. The number of hydrogen-bond acceptors (Lipinski definition) is 4. The second-order valence-electron chi connectivity index (χ2n) is 5.47. The summed E-state index contributed by atoms with van der Waals surface area (Å²) in [4.78, 5) is 4.36. The molecule has 0 aliphatic rings. The van der Waals surface area contributed by atoms with E-state index in [4.69, 9.17) is 5.84 Å². The minimum atomic E-state index is 0.0767. The van der Waals surface area contributed by atoms with Crippen LogP contribution in [0.1, 0.15) is 26.3 Å². The van der Waals surface area contributed by atoms with Crippen LogP contribution < -0.4 is 16.6 Å². The first-order valence-electron chi connectivity index (χ1n) is 6.31. The molecule has 0 spiro atoms. The molecule has 2 aromatic rings. The lowest BCUT2D eigenvalue weighted by Gasteiger charge is -2.23. The lowest BCUT2D eigenvalue weighted by molar-refractivity contribution is 0.592. The van der Waals surface area contributed by atoms with Crippen LogP contribution in [0.15, 0.2) is 42.5 Å². The van der Waals surface area contributed by atoms with Crippen LogP contribution >= 0.6 is 0 Å². The van der Waals surface area contributed by atoms with Crippen molar-refractivity contribution >= 4 is 17.3 Å². The third-order valence-electron chi connectivity index (χ3n) is 2.89. The number of nitrogens with two attached hydrogens (primary N) is 1. The molecular formula is C15H20N4. The third-order valence-corrected chi connectivity index (χ3v) is 2.89. The van der Waals surface area contributed by atoms with Gasteiger partial charge >= 0.3 is 0 Å². The van der Waals surface area contributed by atoms with Crippen molar-refractivity contribution < 1.29 is 0 Å². The molecule has 0 fully saturated rings. The molecule has 4 N–H and O–H groups in total. The van der Waals surface area contributed by atoms with Crippen molar-refractivity contribution in [2.24, 2.45) is 5.84 Å². The van der Waals surface area contributed by atoms with Crippen LogP contribution in [0, 0.1) is 0 Å². The molecule has 0 aliphatic carbocycles. The molecule has 0 amide bonds. The van der Waals surface area contributed by atoms with E-state index in [0.717, 1.165) is 11.5 Å². The fourth-order valence-corrected chi connectivity index (χ4v) is 1.97. The lowest BCUT2D eigenvalue weighted by Crippen LogP contribution is -2.14. The van der Waals surface area contributed by atoms with Gasteiger partial charge in [-0.25, -0.2) is 10.8 Å². The van der Waals surface area contributed by atoms with Crippen LogP contribution in [0.5, 0.6) is 0 Å². The number of nitrogens with zero attached hydrogens (tertiary/aromatic N) is 1. The fraction of sp³-hybridized carbons (Fsp3) is 0.267. The summed E-state index contributed by atoms with van der Waals surface area (Å²) in [7, 11) is 0. The maximum Gasteiger partial charge on any atom is 0.142 e. The Morgan fingerprint density at radius 2 is 1.63 bits per heavy atom. The van der Waals surface area contributed by atoms with Crippen molar-refractivity contribution in [3.63, 3.8) is 0 Å². The van der Waals surface area contributed by atoms with Crippen LogP contribution in [-0.2, 0) is 5.41 Å². The molecule has 1 aromatic carbocycles. The Morgan fingerprint density at radius 3 is 2.32 bits per heavy atom. The molecule has 2 rings (SSSR count). The number of para-hydroxylation sites is 1. The highest BCUT2D eigenvalue weighted by molar-refractivity contribution is 5.63. The van der Waals surface area contributed by atoms with E-state index in [1.54, 1.807) is 0 Å². The topological polar surface area (TPSA) is 63.0 Å². The summed E-state index contributed by atoms with van der Waals surface area (Å²) < 4.78 is 0. The van der Waals surface area contributed by atoms with Crippen molar-refractivity contribution in [1.82, 2.24) is 4.98 Å². The number of aromatic nitrogens is 1. The Kier molecular flexibility index (Phi) is 3.71. The van der Waals surface area contributed by atoms with Crippen LogP contribution in [0.2, 0.25) is 0 Å². The normalized spacial score (nSPS) is 11.2. The van der Waals surface area contributed by atoms with Gasteiger partial charge in [0.05, 0.1) is 0 Å². The van der Waals surface area contributed by atoms with Gasteiger partial charge in [0.1, 0.15) is 11.6 Å². The maximum atomic E-state index is 5.37. The molecule has 100 valence electrons. The minimum absolute atomic E-state index is 0.0767. The van der Waals surface area contributed by atoms with Gasteiger partial charge in [0.2, 0.25) is 0 Å². The predicted octanol–water partition coefficient (Wildman–Crippen LogP) is 3.41. The van der Waals surface area contributed by atoms with Gasteiger partial charge in [-0.1, -0.05) is 45.0 Å². The van der Waals surface area contributed by atoms with Crippen molar-refractivity contribution in [2.45, 2.75) is 26.2 Å². The minimum Gasteiger partial charge on any atom is -0.340 e. The molecule has 1 aromatic heterocycles. The second-order valence-corrected chi connectivity index (χ2v) is 5.47. The molecular weight excluding hydrogens is 236 g/mol. The summed E-state index contributed by atoms with van der Waals surface area (Å²) in [5.41, 5.74) is 4.94. The van der Waals surface area contributed by atoms with Crippen molar-refractivity contribution in [3.05, 3.63) is 48.0 Å². The standard InChI is InChI=1S/C15H20N4/c1-15(2,3)11-7-4-5-8-12(11)17-13-9-6-10-14(18-13)19-16/h4-10H,16H2,1-3H3,(H2,17,18,19). The van der Waals surface area contributed by atoms with Gasteiger partial charge in [-0.3, -0.25) is 0 Å². The fourth-order valence-electron chi connectivity index (χ4n) is 1.97. The molecule has 0 saturated carbocycles. The molecule has 0 aliphatic heterocycles. The zero-order valence-corrected chi connectivity index (χ0v) is 11.6. The summed E-state index contributed by atoms with van der Waals surface area (Å²) in [6.07, 6.45) is 0. The summed E-state index contributed by atoms with van der Waals surface area (Å²) >= 11 is 0. The quantitative estimate of drug-likeness (QED) is 0.581. The van der Waals surface area contributed by atoms with Crippen molar-refractivity contribution in [1.29, 1.82) is 0 Å². The van der Waals surface area contributed by atoms with E-state index in [0.29, 0.717) is 5.82 Å². The highest BCUT2D eigenvalue weighted by atomic mass is 15.3. The Labute approximate surface area is 114 Å². The Balaban J connectivity index is 2.33. The number of hydrogen-bond donors (Lipinski definition) is 3. The van der Waals surface area contributed by atoms with E-state index >= 15 is 0 Å². The lowest BCUT2D eigenvalue weighted by atomic mass is 9.86. The summed E-state index contributed by atoms with van der Waals surface area (Å²) in [5.74, 6) is 6.78. The van der Waals surface area contributed by atoms with E-state index < -0.39 is 0 Å². The SMILES string of the molecule is CC(C)(C)c1ccccc1Nc1cccc(NN)n1. The number of anilines is 3. The number of nitrogen functional groups attached to an aromatic ring is 1. The molecule has 19 heavy (non-hydrogen) atoms. The van der Waals surface area contributed by atoms with Crippen LogP contribution in [0.4, 0.5) is 17.3 Å². The summed E-state index contributed by atoms with van der Waals surface area (Å²) in [5, 5.41) is 3.35. The highest BCUT2D eigenvalue weighted by Gasteiger charge is 2.17. The molecule has 0 bridgehead atoms. The van der Waals surface area contributed by atoms with Gasteiger partial charge in [-0.05, 0) is 29.2 Å². The average Bonchev–Trinajstić information content (AvgIpc) is 2.38. The van der Waals surface area contributed by atoms with Crippen LogP contribution in [0.3, 0.4) is 0 Å². The van der Waals surface area contributed by atoms with Crippen LogP contribution in [0.25, 0.3) is 0 Å². The van der Waals surface area contributed by atoms with Gasteiger partial charge in [0.25, 0.3) is 0 Å². The largest absolute Gasteiger partial charge is 0.340 e. The maximum absolute atomic E-state index is 5.37. The molecule has 0 radical (unpaired) electrons. The smallest absolute Gasteiger partial charge is 0.142 e. The first-order valence-corrected chi connectivity index (χ1v) is 6.31. The first-order chi connectivity index (χ1) is 9.00. The number of rotatable bonds is 3. The van der Waals surface area contributed by atoms with Crippen LogP contribution in [-0.4, -0.2) is 4.98 Å². The molecule has 4 heteroatoms. The summed E-state index contributed by atoms with van der Waals surface area (Å²) in [6, 6.07) is 13.9. The molecule has 0 atom stereocenters. The molecule has 0 saturated heterocycles. The average molecular weight is 256 g/mol. The number of benzene rings is 1. The third kappa shape index (κ3) is 3.23. The van der Waals surface area contributed by atoms with E-state index in [9.17, 15) is 0 Å². The first kappa shape index (κ1) is 13.4. The van der Waals surface area contributed by atoms with E-state index in [2.05, 4.69) is 54.7 Å². The Hall–Kier alpha value is -2.07.